The Morgan fingerprint density at radius 3 is 2.23 bits per heavy atom. The number of unbranched alkanes of at least 4 members (excludes halogenated alkanes) is 1. The van der Waals surface area contributed by atoms with Crippen LogP contribution in [0, 0.1) is 5.41 Å². The van der Waals surface area contributed by atoms with Crippen molar-refractivity contribution in [3.8, 4) is 0 Å². The van der Waals surface area contributed by atoms with E-state index in [9.17, 15) is 0 Å². The fraction of sp³-hybridized carbons (Fsp3) is 0.478. The first-order valence-corrected chi connectivity index (χ1v) is 12.0. The van der Waals surface area contributed by atoms with Gasteiger partial charge >= 0.3 is 160 Å². The first-order valence-electron chi connectivity index (χ1n) is 9.33. The number of benzene rings is 1. The summed E-state index contributed by atoms with van der Waals surface area (Å²) in [4.78, 5) is 0. The molecule has 2 aliphatic rings. The van der Waals surface area contributed by atoms with Crippen molar-refractivity contribution in [1.29, 1.82) is 0 Å². The minimum absolute atomic E-state index is 0. The zero-order valence-corrected chi connectivity index (χ0v) is 20.8. The molecule has 26 heavy (non-hydrogen) atoms. The first kappa shape index (κ1) is 23.9. The molecule has 0 aromatic heterocycles. The molecule has 0 aliphatic heterocycles. The average Bonchev–Trinajstić information content (AvgIpc) is 2.98. The molecule has 1 aromatic rings. The van der Waals surface area contributed by atoms with Crippen LogP contribution in [0.3, 0.4) is 0 Å². The Balaban J connectivity index is 0.00000169. The zero-order chi connectivity index (χ0) is 17.5. The van der Waals surface area contributed by atoms with Crippen molar-refractivity contribution in [3.05, 3.63) is 61.0 Å². The van der Waals surface area contributed by atoms with Gasteiger partial charge in [0.15, 0.2) is 0 Å². The van der Waals surface area contributed by atoms with Gasteiger partial charge < -0.3 is 24.8 Å². The van der Waals surface area contributed by atoms with Crippen LogP contribution >= 0.6 is 0 Å². The molecule has 140 valence electrons. The monoisotopic (exact) mass is 466 g/mol. The van der Waals surface area contributed by atoms with Gasteiger partial charge in [0.2, 0.25) is 0 Å². The van der Waals surface area contributed by atoms with Gasteiger partial charge in [0, 0.05) is 0 Å². The molecule has 0 bridgehead atoms. The quantitative estimate of drug-likeness (QED) is 0.606. The second-order valence-electron chi connectivity index (χ2n) is 7.90. The molecular formula is C23H30Cl2Zr. The van der Waals surface area contributed by atoms with Crippen LogP contribution in [0.1, 0.15) is 75.6 Å². The molecule has 1 atom stereocenters. The summed E-state index contributed by atoms with van der Waals surface area (Å²) in [5.74, 6) is 0. The number of halogens is 2. The zero-order valence-electron chi connectivity index (χ0n) is 16.8. The van der Waals surface area contributed by atoms with Crippen LogP contribution in [-0.4, -0.2) is 0 Å². The molecule has 3 rings (SSSR count). The van der Waals surface area contributed by atoms with Gasteiger partial charge in [0.1, 0.15) is 0 Å². The number of rotatable bonds is 5. The predicted octanol–water partition coefficient (Wildman–Crippen LogP) is 1.06. The van der Waals surface area contributed by atoms with E-state index in [1.54, 1.807) is 27.9 Å². The second-order valence-corrected chi connectivity index (χ2v) is 11.3. The summed E-state index contributed by atoms with van der Waals surface area (Å²) in [5.41, 5.74) is 9.89. The maximum Gasteiger partial charge on any atom is -1.00 e. The van der Waals surface area contributed by atoms with Crippen LogP contribution in [0.4, 0.5) is 0 Å². The maximum absolute atomic E-state index is 2.52. The summed E-state index contributed by atoms with van der Waals surface area (Å²) in [5, 5.41) is 0. The van der Waals surface area contributed by atoms with Crippen LogP contribution in [-0.2, 0) is 23.2 Å². The fourth-order valence-electron chi connectivity index (χ4n) is 4.18. The maximum atomic E-state index is 2.52. The van der Waals surface area contributed by atoms with Crippen molar-refractivity contribution in [2.45, 2.75) is 64.4 Å². The molecule has 2 aliphatic carbocycles. The van der Waals surface area contributed by atoms with Crippen molar-refractivity contribution in [1.82, 2.24) is 0 Å². The van der Waals surface area contributed by atoms with E-state index >= 15 is 0 Å². The van der Waals surface area contributed by atoms with Crippen LogP contribution in [0.25, 0.3) is 6.08 Å². The van der Waals surface area contributed by atoms with Crippen molar-refractivity contribution >= 4 is 6.08 Å². The van der Waals surface area contributed by atoms with E-state index in [1.165, 1.54) is 24.8 Å². The van der Waals surface area contributed by atoms with Crippen LogP contribution in [0.2, 0.25) is 0 Å². The first-order chi connectivity index (χ1) is 11.4. The Kier molecular flexibility index (Phi) is 8.66. The Hall–Kier alpha value is -0.0969. The van der Waals surface area contributed by atoms with Gasteiger partial charge in [-0.05, 0) is 0 Å². The smallest absolute Gasteiger partial charge is 1.00 e. The van der Waals surface area contributed by atoms with Gasteiger partial charge in [0.05, 0.1) is 0 Å². The van der Waals surface area contributed by atoms with Crippen molar-refractivity contribution in [3.63, 3.8) is 0 Å². The molecule has 0 N–H and O–H groups in total. The van der Waals surface area contributed by atoms with Gasteiger partial charge in [-0.2, -0.15) is 0 Å². The number of hydrogen-bond acceptors (Lipinski definition) is 0. The van der Waals surface area contributed by atoms with Gasteiger partial charge in [0.25, 0.3) is 0 Å². The van der Waals surface area contributed by atoms with E-state index in [0.29, 0.717) is 0 Å². The van der Waals surface area contributed by atoms with Gasteiger partial charge in [-0.25, -0.2) is 0 Å². The van der Waals surface area contributed by atoms with E-state index < -0.39 is 23.2 Å². The molecule has 0 nitrogen and oxygen atoms in total. The molecule has 1 unspecified atom stereocenters. The van der Waals surface area contributed by atoms with Crippen molar-refractivity contribution < 1.29 is 48.0 Å². The van der Waals surface area contributed by atoms with Crippen molar-refractivity contribution in [2.24, 2.45) is 5.41 Å². The third-order valence-electron chi connectivity index (χ3n) is 6.19. The number of fused-ring (bicyclic) bond motifs is 1. The summed E-state index contributed by atoms with van der Waals surface area (Å²) in [7, 11) is 0. The summed E-state index contributed by atoms with van der Waals surface area (Å²) in [6.07, 6.45) is 6.42. The van der Waals surface area contributed by atoms with Gasteiger partial charge in [-0.1, -0.05) is 0 Å². The topological polar surface area (TPSA) is 0 Å². The number of hydrogen-bond donors (Lipinski definition) is 0. The normalized spacial score (nSPS) is 20.2. The molecule has 0 heterocycles. The molecule has 0 saturated heterocycles. The predicted molar refractivity (Wildman–Crippen MR) is 102 cm³/mol. The Morgan fingerprint density at radius 1 is 1.00 bits per heavy atom. The molecule has 1 aromatic carbocycles. The third kappa shape index (κ3) is 4.16. The Bertz CT molecular complexity index is 753. The largest absolute Gasteiger partial charge is 1.00 e. The second kappa shape index (κ2) is 9.40. The molecule has 0 amide bonds. The summed E-state index contributed by atoms with van der Waals surface area (Å²) >= 11 is -0.712. The molecule has 0 fully saturated rings. The van der Waals surface area contributed by atoms with E-state index in [1.807, 2.05) is 3.28 Å². The SMILES string of the molecule is CCCCC1=Cc2ccccc2[CH]1[Zr+2][C]1=C(C)C(C)=C(C)C1(C)C.[Cl-].[Cl-]. The van der Waals surface area contributed by atoms with Crippen LogP contribution in [0.15, 0.2) is 49.8 Å². The molecule has 0 radical (unpaired) electrons. The summed E-state index contributed by atoms with van der Waals surface area (Å²) in [6, 6.07) is 9.13. The van der Waals surface area contributed by atoms with E-state index in [-0.39, 0.29) is 30.2 Å². The number of allylic oxidation sites excluding steroid dienone is 5. The molecule has 3 heteroatoms. The van der Waals surface area contributed by atoms with E-state index in [4.69, 9.17) is 0 Å². The Labute approximate surface area is 184 Å². The summed E-state index contributed by atoms with van der Waals surface area (Å²) < 4.78 is 2.57. The van der Waals surface area contributed by atoms with Crippen LogP contribution < -0.4 is 24.8 Å². The van der Waals surface area contributed by atoms with Gasteiger partial charge in [-0.15, -0.1) is 0 Å². The van der Waals surface area contributed by atoms with Gasteiger partial charge in [-0.3, -0.25) is 0 Å². The summed E-state index contributed by atoms with van der Waals surface area (Å²) in [6.45, 7) is 14.3. The van der Waals surface area contributed by atoms with E-state index in [2.05, 4.69) is 71.9 Å². The average molecular weight is 469 g/mol. The molecular weight excluding hydrogens is 438 g/mol. The van der Waals surface area contributed by atoms with Crippen LogP contribution in [0.5, 0.6) is 0 Å². The minimum atomic E-state index is -0.712. The fourth-order valence-corrected chi connectivity index (χ4v) is 9.28. The third-order valence-corrected chi connectivity index (χ3v) is 11.7. The van der Waals surface area contributed by atoms with Crippen molar-refractivity contribution in [2.75, 3.05) is 0 Å². The van der Waals surface area contributed by atoms with E-state index in [0.717, 1.165) is 3.63 Å². The Morgan fingerprint density at radius 2 is 1.65 bits per heavy atom. The standard InChI is InChI=1S/C13H15.C10H15.2ClH.Zr/c1-2-3-6-11-9-12-7-4-5-8-13(12)10-11;1-7-6-10(4,5)9(3)8(7)2;;;/h4-5,7-10H,2-3,6H2,1H3;1-5H3;2*1H;/q;;;;+2/p-2. The molecule has 0 spiro atoms. The minimum Gasteiger partial charge on any atom is -1.00 e. The molecule has 0 saturated carbocycles.